The number of carbonyl (C=O) groups is 4. The van der Waals surface area contributed by atoms with Crippen molar-refractivity contribution in [2.75, 3.05) is 6.61 Å². The number of amides is 3. The van der Waals surface area contributed by atoms with Gasteiger partial charge in [0.05, 0.1) is 6.10 Å². The van der Waals surface area contributed by atoms with Gasteiger partial charge >= 0.3 is 12.1 Å². The number of nitrogens with one attached hydrogen (secondary N) is 1. The van der Waals surface area contributed by atoms with Crippen molar-refractivity contribution < 1.29 is 34.1 Å². The molecule has 5 N–H and O–H groups in total. The molecule has 0 radical (unpaired) electrons. The number of carbonyl (C=O) groups excluding carboxylic acids is 3. The maximum absolute atomic E-state index is 15.3. The standard InChI is InChI=1S/C43H41N3O7/c1-28(47)39(41(50)51)45-40(49)37(25-26-38(44)48)46(42(52)53-27-36-34-23-13-11-21-32(34)33-22-12-14-24-35(33)36)43(29-15-5-2-6-16-29,30-17-7-3-8-18-30)31-19-9-4-10-20-31/h2-24,28,36-37,39,47H,25-27H2,1H3,(H2,44,48)(H,45,49)(H,50,51). The van der Waals surface area contributed by atoms with E-state index in [0.29, 0.717) is 16.7 Å². The van der Waals surface area contributed by atoms with E-state index in [1.165, 1.54) is 11.8 Å². The third-order valence-electron chi connectivity index (χ3n) is 9.79. The van der Waals surface area contributed by atoms with E-state index < -0.39 is 47.6 Å². The number of hydrogen-bond donors (Lipinski definition) is 4. The Bertz CT molecular complexity index is 1930. The van der Waals surface area contributed by atoms with Crippen LogP contribution in [0.1, 0.15) is 53.5 Å². The van der Waals surface area contributed by atoms with Gasteiger partial charge in [-0.05, 0) is 52.3 Å². The third-order valence-corrected chi connectivity index (χ3v) is 9.79. The number of benzene rings is 5. The summed E-state index contributed by atoms with van der Waals surface area (Å²) in [6, 6.07) is 40.0. The van der Waals surface area contributed by atoms with Crippen LogP contribution in [-0.2, 0) is 24.7 Å². The van der Waals surface area contributed by atoms with Crippen molar-refractivity contribution in [2.45, 2.75) is 49.4 Å². The van der Waals surface area contributed by atoms with Crippen molar-refractivity contribution in [1.82, 2.24) is 10.2 Å². The van der Waals surface area contributed by atoms with Crippen LogP contribution in [0.15, 0.2) is 140 Å². The summed E-state index contributed by atoms with van der Waals surface area (Å²) >= 11 is 0. The Morgan fingerprint density at radius 2 is 1.17 bits per heavy atom. The van der Waals surface area contributed by atoms with E-state index in [9.17, 15) is 24.6 Å². The molecule has 0 saturated carbocycles. The van der Waals surface area contributed by atoms with Gasteiger partial charge in [0.2, 0.25) is 11.8 Å². The number of hydrogen-bond acceptors (Lipinski definition) is 6. The Hall–Kier alpha value is -6.26. The van der Waals surface area contributed by atoms with E-state index in [2.05, 4.69) is 5.32 Å². The highest BCUT2D eigenvalue weighted by Crippen LogP contribution is 2.47. The molecular formula is C43H41N3O7. The molecule has 0 saturated heterocycles. The van der Waals surface area contributed by atoms with Crippen molar-refractivity contribution in [1.29, 1.82) is 0 Å². The molecular weight excluding hydrogens is 670 g/mol. The molecule has 0 aromatic heterocycles. The largest absolute Gasteiger partial charge is 0.480 e. The monoisotopic (exact) mass is 711 g/mol. The summed E-state index contributed by atoms with van der Waals surface area (Å²) in [6.45, 7) is 1.15. The molecule has 10 heteroatoms. The number of carboxylic acids is 1. The van der Waals surface area contributed by atoms with Gasteiger partial charge < -0.3 is 26.0 Å². The fourth-order valence-corrected chi connectivity index (χ4v) is 7.41. The molecule has 3 atom stereocenters. The molecule has 270 valence electrons. The predicted molar refractivity (Wildman–Crippen MR) is 200 cm³/mol. The summed E-state index contributed by atoms with van der Waals surface area (Å²) < 4.78 is 6.34. The van der Waals surface area contributed by atoms with Gasteiger partial charge in [0.1, 0.15) is 18.2 Å². The van der Waals surface area contributed by atoms with E-state index in [1.54, 1.807) is 0 Å². The van der Waals surface area contributed by atoms with E-state index >= 15 is 4.79 Å². The number of fused-ring (bicyclic) bond motifs is 3. The van der Waals surface area contributed by atoms with Crippen LogP contribution in [0.25, 0.3) is 11.1 Å². The van der Waals surface area contributed by atoms with Crippen molar-refractivity contribution in [3.8, 4) is 11.1 Å². The molecule has 0 bridgehead atoms. The maximum Gasteiger partial charge on any atom is 0.411 e. The van der Waals surface area contributed by atoms with Gasteiger partial charge in [-0.3, -0.25) is 14.5 Å². The molecule has 3 amide bonds. The second-order valence-corrected chi connectivity index (χ2v) is 13.1. The van der Waals surface area contributed by atoms with Crippen LogP contribution in [0.2, 0.25) is 0 Å². The summed E-state index contributed by atoms with van der Waals surface area (Å²) in [4.78, 5) is 55.7. The minimum Gasteiger partial charge on any atom is -0.480 e. The molecule has 6 rings (SSSR count). The lowest BCUT2D eigenvalue weighted by atomic mass is 9.74. The number of ether oxygens (including phenoxy) is 1. The first-order valence-electron chi connectivity index (χ1n) is 17.4. The minimum atomic E-state index is -1.72. The van der Waals surface area contributed by atoms with E-state index in [0.717, 1.165) is 22.3 Å². The molecule has 0 spiro atoms. The number of rotatable bonds is 14. The van der Waals surface area contributed by atoms with Crippen molar-refractivity contribution >= 4 is 23.9 Å². The van der Waals surface area contributed by atoms with E-state index in [-0.39, 0.29) is 25.4 Å². The minimum absolute atomic E-state index is 0.0899. The lowest BCUT2D eigenvalue weighted by Crippen LogP contribution is -2.62. The van der Waals surface area contributed by atoms with Crippen molar-refractivity contribution in [3.63, 3.8) is 0 Å². The Labute approximate surface area is 307 Å². The molecule has 0 fully saturated rings. The van der Waals surface area contributed by atoms with Crippen LogP contribution < -0.4 is 11.1 Å². The van der Waals surface area contributed by atoms with Crippen molar-refractivity contribution in [2.24, 2.45) is 5.73 Å². The average molecular weight is 712 g/mol. The number of aliphatic hydroxyl groups is 1. The van der Waals surface area contributed by atoms with Gasteiger partial charge in [0.25, 0.3) is 0 Å². The lowest BCUT2D eigenvalue weighted by molar-refractivity contribution is -0.146. The molecule has 0 heterocycles. The Morgan fingerprint density at radius 1 is 0.736 bits per heavy atom. The van der Waals surface area contributed by atoms with Gasteiger partial charge in [-0.1, -0.05) is 140 Å². The highest BCUT2D eigenvalue weighted by molar-refractivity contribution is 5.91. The number of nitrogens with zero attached hydrogens (tertiary/aromatic N) is 1. The molecule has 5 aromatic rings. The summed E-state index contributed by atoms with van der Waals surface area (Å²) in [6.07, 6.45) is -2.99. The Kier molecular flexibility index (Phi) is 11.0. The molecule has 0 aliphatic heterocycles. The quantitative estimate of drug-likeness (QED) is 0.106. The van der Waals surface area contributed by atoms with Gasteiger partial charge in [-0.15, -0.1) is 0 Å². The number of nitrogens with two attached hydrogens (primary N) is 1. The van der Waals surface area contributed by atoms with Crippen LogP contribution >= 0.6 is 0 Å². The molecule has 1 aliphatic rings. The number of primary amides is 1. The topological polar surface area (TPSA) is 159 Å². The number of aliphatic carboxylic acids is 1. The van der Waals surface area contributed by atoms with Crippen molar-refractivity contribution in [3.05, 3.63) is 167 Å². The molecule has 1 aliphatic carbocycles. The fraction of sp³-hybridized carbons (Fsp3) is 0.209. The zero-order valence-corrected chi connectivity index (χ0v) is 29.2. The highest BCUT2D eigenvalue weighted by atomic mass is 16.6. The molecule has 5 aromatic carbocycles. The van der Waals surface area contributed by atoms with Crippen LogP contribution in [0.4, 0.5) is 4.79 Å². The fourth-order valence-electron chi connectivity index (χ4n) is 7.41. The van der Waals surface area contributed by atoms with Crippen LogP contribution in [0, 0.1) is 0 Å². The van der Waals surface area contributed by atoms with Gasteiger partial charge in [-0.25, -0.2) is 9.59 Å². The lowest BCUT2D eigenvalue weighted by Gasteiger charge is -2.48. The third kappa shape index (κ3) is 7.27. The summed E-state index contributed by atoms with van der Waals surface area (Å²) in [5.74, 6) is -3.45. The summed E-state index contributed by atoms with van der Waals surface area (Å²) in [7, 11) is 0. The second kappa shape index (κ2) is 16.0. The Morgan fingerprint density at radius 3 is 1.58 bits per heavy atom. The zero-order valence-electron chi connectivity index (χ0n) is 29.2. The van der Waals surface area contributed by atoms with Gasteiger partial charge in [-0.2, -0.15) is 0 Å². The summed E-state index contributed by atoms with van der Waals surface area (Å²) in [5, 5.41) is 22.7. The summed E-state index contributed by atoms with van der Waals surface area (Å²) in [5.41, 5.74) is 9.88. The second-order valence-electron chi connectivity index (χ2n) is 13.1. The average Bonchev–Trinajstić information content (AvgIpc) is 3.50. The smallest absolute Gasteiger partial charge is 0.411 e. The normalized spacial score (nSPS) is 13.8. The molecule has 10 nitrogen and oxygen atoms in total. The first kappa shape index (κ1) is 36.5. The zero-order chi connectivity index (χ0) is 37.5. The van der Waals surface area contributed by atoms with E-state index in [4.69, 9.17) is 10.5 Å². The Balaban J connectivity index is 1.57. The van der Waals surface area contributed by atoms with Gasteiger partial charge in [0.15, 0.2) is 6.04 Å². The SMILES string of the molecule is CC(O)C(NC(=O)C(CCC(N)=O)N(C(=O)OCC1c2ccccc2-c2ccccc21)C(c1ccccc1)(c1ccccc1)c1ccccc1)C(=O)O. The first-order chi connectivity index (χ1) is 25.6. The number of carboxylic acid groups (broad SMARTS) is 1. The maximum atomic E-state index is 15.3. The first-order valence-corrected chi connectivity index (χ1v) is 17.4. The molecule has 53 heavy (non-hydrogen) atoms. The molecule has 3 unspecified atom stereocenters. The van der Waals surface area contributed by atoms with Crippen LogP contribution in [0.3, 0.4) is 0 Å². The van der Waals surface area contributed by atoms with E-state index in [1.807, 2.05) is 140 Å². The highest BCUT2D eigenvalue weighted by Gasteiger charge is 2.51. The van der Waals surface area contributed by atoms with Crippen LogP contribution in [-0.4, -0.2) is 63.8 Å². The number of aliphatic hydroxyl groups excluding tert-OH is 1. The van der Waals surface area contributed by atoms with Crippen LogP contribution in [0.5, 0.6) is 0 Å². The van der Waals surface area contributed by atoms with Gasteiger partial charge in [0, 0.05) is 12.3 Å². The predicted octanol–water partition coefficient (Wildman–Crippen LogP) is 5.81.